The van der Waals surface area contributed by atoms with Crippen LogP contribution in [0.1, 0.15) is 25.7 Å². The van der Waals surface area contributed by atoms with Gasteiger partial charge in [-0.1, -0.05) is 12.8 Å². The van der Waals surface area contributed by atoms with Crippen molar-refractivity contribution >= 4 is 17.8 Å². The molecule has 1 heterocycles. The Balaban J connectivity index is 2.37. The summed E-state index contributed by atoms with van der Waals surface area (Å²) < 4.78 is 0. The third kappa shape index (κ3) is 5.13. The number of nitrogens with two attached hydrogens (primary N) is 1. The molecule has 102 valence electrons. The number of aliphatic hydroxyl groups excluding tert-OH is 1. The molecule has 0 aromatic carbocycles. The predicted molar refractivity (Wildman–Crippen MR) is 72.6 cm³/mol. The summed E-state index contributed by atoms with van der Waals surface area (Å²) in [5, 5.41) is 11.8. The Kier molecular flexibility index (Phi) is 6.13. The second kappa shape index (κ2) is 7.65. The van der Waals surface area contributed by atoms with E-state index in [-0.39, 0.29) is 12.6 Å². The van der Waals surface area contributed by atoms with Crippen molar-refractivity contribution in [2.24, 2.45) is 0 Å². The quantitative estimate of drug-likeness (QED) is 0.580. The van der Waals surface area contributed by atoms with Crippen LogP contribution < -0.4 is 16.0 Å². The van der Waals surface area contributed by atoms with Crippen LogP contribution in [0.5, 0.6) is 0 Å². The van der Waals surface area contributed by atoms with E-state index in [1.807, 2.05) is 14.1 Å². The standard InChI is InChI=1S/C11H22N6O/c1-17(2)11-15-9(12)14-10(16-11)13-7-5-3-4-6-8-18/h18H,3-8H2,1-2H3,(H3,12,13,14,15,16). The summed E-state index contributed by atoms with van der Waals surface area (Å²) in [5.41, 5.74) is 5.61. The van der Waals surface area contributed by atoms with Gasteiger partial charge >= 0.3 is 0 Å². The molecule has 0 saturated heterocycles. The maximum absolute atomic E-state index is 8.65. The fourth-order valence-corrected chi connectivity index (χ4v) is 1.45. The number of hydrogen-bond donors (Lipinski definition) is 3. The van der Waals surface area contributed by atoms with Crippen LogP contribution in [0.15, 0.2) is 0 Å². The van der Waals surface area contributed by atoms with E-state index >= 15 is 0 Å². The number of nitrogens with one attached hydrogen (secondary N) is 1. The Morgan fingerprint density at radius 3 is 2.50 bits per heavy atom. The molecule has 0 unspecified atom stereocenters. The van der Waals surface area contributed by atoms with Gasteiger partial charge in [-0.3, -0.25) is 0 Å². The Morgan fingerprint density at radius 2 is 1.83 bits per heavy atom. The number of unbranched alkanes of at least 4 members (excludes halogenated alkanes) is 3. The summed E-state index contributed by atoms with van der Waals surface area (Å²) in [6, 6.07) is 0. The molecule has 0 atom stereocenters. The van der Waals surface area contributed by atoms with Crippen molar-refractivity contribution in [2.75, 3.05) is 43.2 Å². The molecule has 1 aromatic heterocycles. The van der Waals surface area contributed by atoms with Gasteiger partial charge in [-0.25, -0.2) is 0 Å². The Bertz CT molecular complexity index is 357. The highest BCUT2D eigenvalue weighted by Crippen LogP contribution is 2.09. The van der Waals surface area contributed by atoms with Gasteiger partial charge in [0.05, 0.1) is 0 Å². The predicted octanol–water partition coefficient (Wildman–Crippen LogP) is 0.484. The zero-order valence-corrected chi connectivity index (χ0v) is 11.1. The van der Waals surface area contributed by atoms with Crippen LogP contribution in [0.4, 0.5) is 17.8 Å². The van der Waals surface area contributed by atoms with Crippen molar-refractivity contribution in [3.05, 3.63) is 0 Å². The van der Waals surface area contributed by atoms with Crippen molar-refractivity contribution in [3.8, 4) is 0 Å². The number of anilines is 3. The summed E-state index contributed by atoms with van der Waals surface area (Å²) in [5.74, 6) is 1.27. The molecule has 0 aliphatic carbocycles. The average molecular weight is 254 g/mol. The molecule has 1 aromatic rings. The summed E-state index contributed by atoms with van der Waals surface area (Å²) >= 11 is 0. The van der Waals surface area contributed by atoms with E-state index < -0.39 is 0 Å². The van der Waals surface area contributed by atoms with Gasteiger partial charge in [0, 0.05) is 27.2 Å². The van der Waals surface area contributed by atoms with Gasteiger partial charge < -0.3 is 21.1 Å². The van der Waals surface area contributed by atoms with E-state index in [0.717, 1.165) is 32.2 Å². The molecular formula is C11H22N6O. The molecule has 0 amide bonds. The van der Waals surface area contributed by atoms with Crippen molar-refractivity contribution in [1.82, 2.24) is 15.0 Å². The zero-order valence-electron chi connectivity index (χ0n) is 11.1. The summed E-state index contributed by atoms with van der Waals surface area (Å²) in [6.07, 6.45) is 4.00. The Hall–Kier alpha value is -1.63. The Labute approximate surface area is 107 Å². The van der Waals surface area contributed by atoms with Crippen molar-refractivity contribution in [2.45, 2.75) is 25.7 Å². The van der Waals surface area contributed by atoms with E-state index in [9.17, 15) is 0 Å². The second-order valence-corrected chi connectivity index (χ2v) is 4.28. The van der Waals surface area contributed by atoms with Gasteiger partial charge in [-0.05, 0) is 12.8 Å². The molecule has 0 bridgehead atoms. The number of aromatic nitrogens is 3. The van der Waals surface area contributed by atoms with E-state index in [0.29, 0.717) is 11.9 Å². The molecule has 0 saturated carbocycles. The summed E-state index contributed by atoms with van der Waals surface area (Å²) in [7, 11) is 3.71. The van der Waals surface area contributed by atoms with Gasteiger partial charge in [0.1, 0.15) is 0 Å². The minimum atomic E-state index is 0.219. The third-order valence-electron chi connectivity index (χ3n) is 2.41. The molecule has 18 heavy (non-hydrogen) atoms. The van der Waals surface area contributed by atoms with E-state index in [2.05, 4.69) is 20.3 Å². The highest BCUT2D eigenvalue weighted by Gasteiger charge is 2.05. The zero-order chi connectivity index (χ0) is 13.4. The summed E-state index contributed by atoms with van der Waals surface area (Å²) in [6.45, 7) is 1.06. The lowest BCUT2D eigenvalue weighted by atomic mass is 10.2. The van der Waals surface area contributed by atoms with Crippen LogP contribution in [0.3, 0.4) is 0 Å². The maximum atomic E-state index is 8.65. The van der Waals surface area contributed by atoms with Gasteiger partial charge in [-0.15, -0.1) is 0 Å². The summed E-state index contributed by atoms with van der Waals surface area (Å²) in [4.78, 5) is 14.1. The molecule has 0 fully saturated rings. The number of nitrogens with zero attached hydrogens (tertiary/aromatic N) is 4. The van der Waals surface area contributed by atoms with Gasteiger partial charge in [-0.2, -0.15) is 15.0 Å². The first kappa shape index (κ1) is 14.4. The lowest BCUT2D eigenvalue weighted by Gasteiger charge is -2.12. The topological polar surface area (TPSA) is 100 Å². The first-order valence-corrected chi connectivity index (χ1v) is 6.17. The monoisotopic (exact) mass is 254 g/mol. The van der Waals surface area contributed by atoms with Crippen molar-refractivity contribution in [3.63, 3.8) is 0 Å². The minimum Gasteiger partial charge on any atom is -0.396 e. The molecule has 1 rings (SSSR count). The molecule has 0 aliphatic rings. The van der Waals surface area contributed by atoms with Crippen LogP contribution in [0.25, 0.3) is 0 Å². The van der Waals surface area contributed by atoms with Gasteiger partial charge in [0.15, 0.2) is 0 Å². The molecule has 7 heteroatoms. The molecule has 0 aliphatic heterocycles. The van der Waals surface area contributed by atoms with Crippen LogP contribution in [0, 0.1) is 0 Å². The largest absolute Gasteiger partial charge is 0.396 e. The highest BCUT2D eigenvalue weighted by atomic mass is 16.2. The van der Waals surface area contributed by atoms with Crippen molar-refractivity contribution in [1.29, 1.82) is 0 Å². The fourth-order valence-electron chi connectivity index (χ4n) is 1.45. The molecule has 0 radical (unpaired) electrons. The maximum Gasteiger partial charge on any atom is 0.231 e. The Morgan fingerprint density at radius 1 is 1.11 bits per heavy atom. The normalized spacial score (nSPS) is 10.4. The van der Waals surface area contributed by atoms with Crippen LogP contribution in [0.2, 0.25) is 0 Å². The minimum absolute atomic E-state index is 0.219. The van der Waals surface area contributed by atoms with Crippen LogP contribution in [-0.2, 0) is 0 Å². The fraction of sp³-hybridized carbons (Fsp3) is 0.727. The molecule has 7 nitrogen and oxygen atoms in total. The molecule has 4 N–H and O–H groups in total. The second-order valence-electron chi connectivity index (χ2n) is 4.28. The number of nitrogen functional groups attached to an aromatic ring is 1. The van der Waals surface area contributed by atoms with Gasteiger partial charge in [0.2, 0.25) is 17.8 Å². The van der Waals surface area contributed by atoms with E-state index in [4.69, 9.17) is 10.8 Å². The number of rotatable bonds is 8. The van der Waals surface area contributed by atoms with E-state index in [1.54, 1.807) is 4.90 Å². The first-order valence-electron chi connectivity index (χ1n) is 6.17. The number of aliphatic hydroxyl groups is 1. The highest BCUT2D eigenvalue weighted by molar-refractivity contribution is 5.40. The van der Waals surface area contributed by atoms with Gasteiger partial charge in [0.25, 0.3) is 0 Å². The molecular weight excluding hydrogens is 232 g/mol. The van der Waals surface area contributed by atoms with Crippen LogP contribution >= 0.6 is 0 Å². The van der Waals surface area contributed by atoms with Crippen LogP contribution in [-0.4, -0.2) is 47.3 Å². The first-order chi connectivity index (χ1) is 8.63. The third-order valence-corrected chi connectivity index (χ3v) is 2.41. The molecule has 0 spiro atoms. The SMILES string of the molecule is CN(C)c1nc(N)nc(NCCCCCCO)n1. The van der Waals surface area contributed by atoms with E-state index in [1.165, 1.54) is 0 Å². The lowest BCUT2D eigenvalue weighted by molar-refractivity contribution is 0.283. The average Bonchev–Trinajstić information content (AvgIpc) is 2.33. The number of hydrogen-bond acceptors (Lipinski definition) is 7. The van der Waals surface area contributed by atoms with Crippen molar-refractivity contribution < 1.29 is 5.11 Å². The lowest BCUT2D eigenvalue weighted by Crippen LogP contribution is -2.16. The smallest absolute Gasteiger partial charge is 0.231 e.